The van der Waals surface area contributed by atoms with Gasteiger partial charge in [0.25, 0.3) is 0 Å². The third-order valence-corrected chi connectivity index (χ3v) is 2.90. The Morgan fingerprint density at radius 1 is 1.25 bits per heavy atom. The highest BCUT2D eigenvalue weighted by Crippen LogP contribution is 2.20. The highest BCUT2D eigenvalue weighted by molar-refractivity contribution is 6.41. The van der Waals surface area contributed by atoms with Gasteiger partial charge in [-0.25, -0.2) is 0 Å². The molecule has 1 unspecified atom stereocenters. The van der Waals surface area contributed by atoms with Crippen LogP contribution in [-0.4, -0.2) is 29.6 Å². The van der Waals surface area contributed by atoms with E-state index in [0.29, 0.717) is 23.0 Å². The molecule has 0 bridgehead atoms. The number of rotatable bonds is 5. The van der Waals surface area contributed by atoms with Gasteiger partial charge in [0.1, 0.15) is 0 Å². The van der Waals surface area contributed by atoms with E-state index in [1.807, 2.05) is 13.8 Å². The molecular formula is C14H19ClN2O3. The molecule has 1 aromatic carbocycles. The molecule has 0 radical (unpaired) electrons. The minimum absolute atomic E-state index is 0.0486. The van der Waals surface area contributed by atoms with Gasteiger partial charge in [0.15, 0.2) is 0 Å². The van der Waals surface area contributed by atoms with Gasteiger partial charge in [-0.2, -0.15) is 0 Å². The standard InChI is InChI=1S/C14H19ClN2O3/c1-9(2)7-10(18)8-16-13(19)14(20)17-12-6-4-3-5-11(12)15/h3-6,9-10,18H,7-8H2,1-2H3,(H,16,19)(H,17,20). The number of hydrogen-bond donors (Lipinski definition) is 3. The Bertz CT molecular complexity index is 477. The maximum atomic E-state index is 11.6. The minimum Gasteiger partial charge on any atom is -0.391 e. The zero-order valence-corrected chi connectivity index (χ0v) is 12.3. The summed E-state index contributed by atoms with van der Waals surface area (Å²) in [5, 5.41) is 14.8. The van der Waals surface area contributed by atoms with E-state index in [9.17, 15) is 14.7 Å². The van der Waals surface area contributed by atoms with Gasteiger partial charge in [0.2, 0.25) is 0 Å². The number of halogens is 1. The fourth-order valence-electron chi connectivity index (χ4n) is 1.66. The second-order valence-electron chi connectivity index (χ2n) is 4.93. The lowest BCUT2D eigenvalue weighted by Crippen LogP contribution is -2.39. The number of carbonyl (C=O) groups excluding carboxylic acids is 2. The SMILES string of the molecule is CC(C)CC(O)CNC(=O)C(=O)Nc1ccccc1Cl. The van der Waals surface area contributed by atoms with Crippen molar-refractivity contribution in [1.29, 1.82) is 0 Å². The van der Waals surface area contributed by atoms with Crippen LogP contribution in [0.5, 0.6) is 0 Å². The molecule has 0 aliphatic heterocycles. The van der Waals surface area contributed by atoms with Gasteiger partial charge in [-0.1, -0.05) is 37.6 Å². The van der Waals surface area contributed by atoms with Crippen molar-refractivity contribution in [2.45, 2.75) is 26.4 Å². The van der Waals surface area contributed by atoms with Gasteiger partial charge < -0.3 is 15.7 Å². The van der Waals surface area contributed by atoms with Crippen molar-refractivity contribution < 1.29 is 14.7 Å². The van der Waals surface area contributed by atoms with Gasteiger partial charge in [0, 0.05) is 6.54 Å². The lowest BCUT2D eigenvalue weighted by Gasteiger charge is -2.13. The van der Waals surface area contributed by atoms with Crippen LogP contribution in [0.25, 0.3) is 0 Å². The molecule has 110 valence electrons. The van der Waals surface area contributed by atoms with E-state index in [1.165, 1.54) is 0 Å². The Balaban J connectivity index is 2.44. The molecule has 2 amide bonds. The van der Waals surface area contributed by atoms with Crippen molar-refractivity contribution in [3.8, 4) is 0 Å². The fraction of sp³-hybridized carbons (Fsp3) is 0.429. The summed E-state index contributed by atoms with van der Waals surface area (Å²) in [4.78, 5) is 23.2. The second kappa shape index (κ2) is 7.87. The smallest absolute Gasteiger partial charge is 0.313 e. The molecule has 0 saturated heterocycles. The summed E-state index contributed by atoms with van der Waals surface area (Å²) >= 11 is 5.87. The van der Waals surface area contributed by atoms with Crippen LogP contribution in [-0.2, 0) is 9.59 Å². The van der Waals surface area contributed by atoms with Crippen molar-refractivity contribution >= 4 is 29.1 Å². The summed E-state index contributed by atoms with van der Waals surface area (Å²) in [6, 6.07) is 6.63. The van der Waals surface area contributed by atoms with Gasteiger partial charge in [0.05, 0.1) is 16.8 Å². The summed E-state index contributed by atoms with van der Waals surface area (Å²) in [5.74, 6) is -1.29. The number of para-hydroxylation sites is 1. The Labute approximate surface area is 123 Å². The molecule has 5 nitrogen and oxygen atoms in total. The highest BCUT2D eigenvalue weighted by Gasteiger charge is 2.16. The molecular weight excluding hydrogens is 280 g/mol. The first-order chi connectivity index (χ1) is 9.40. The molecule has 1 aromatic rings. The van der Waals surface area contributed by atoms with E-state index in [1.54, 1.807) is 24.3 Å². The molecule has 1 atom stereocenters. The van der Waals surface area contributed by atoms with E-state index in [4.69, 9.17) is 11.6 Å². The number of amides is 2. The van der Waals surface area contributed by atoms with Crippen LogP contribution in [0.1, 0.15) is 20.3 Å². The van der Waals surface area contributed by atoms with E-state index in [-0.39, 0.29) is 6.54 Å². The maximum absolute atomic E-state index is 11.6. The topological polar surface area (TPSA) is 78.4 Å². The van der Waals surface area contributed by atoms with Crippen LogP contribution in [0.4, 0.5) is 5.69 Å². The van der Waals surface area contributed by atoms with Gasteiger partial charge in [-0.05, 0) is 24.5 Å². The largest absolute Gasteiger partial charge is 0.391 e. The summed E-state index contributed by atoms with van der Waals surface area (Å²) in [5.41, 5.74) is 0.372. The average Bonchev–Trinajstić information content (AvgIpc) is 2.37. The zero-order valence-electron chi connectivity index (χ0n) is 11.5. The lowest BCUT2D eigenvalue weighted by molar-refractivity contribution is -0.136. The molecule has 0 aliphatic carbocycles. The number of anilines is 1. The van der Waals surface area contributed by atoms with Crippen molar-refractivity contribution in [3.05, 3.63) is 29.3 Å². The van der Waals surface area contributed by atoms with Crippen LogP contribution in [0, 0.1) is 5.92 Å². The van der Waals surface area contributed by atoms with E-state index in [0.717, 1.165) is 0 Å². The van der Waals surface area contributed by atoms with Crippen LogP contribution in [0.3, 0.4) is 0 Å². The number of hydrogen-bond acceptors (Lipinski definition) is 3. The molecule has 0 saturated carbocycles. The molecule has 0 heterocycles. The highest BCUT2D eigenvalue weighted by atomic mass is 35.5. The van der Waals surface area contributed by atoms with Gasteiger partial charge in [-0.15, -0.1) is 0 Å². The lowest BCUT2D eigenvalue weighted by atomic mass is 10.1. The third kappa shape index (κ3) is 5.59. The molecule has 0 fully saturated rings. The predicted octanol–water partition coefficient (Wildman–Crippen LogP) is 1.80. The normalized spacial score (nSPS) is 12.1. The molecule has 3 N–H and O–H groups in total. The second-order valence-corrected chi connectivity index (χ2v) is 5.33. The Morgan fingerprint density at radius 2 is 1.90 bits per heavy atom. The third-order valence-electron chi connectivity index (χ3n) is 2.57. The molecule has 20 heavy (non-hydrogen) atoms. The molecule has 6 heteroatoms. The van der Waals surface area contributed by atoms with Gasteiger partial charge >= 0.3 is 11.8 Å². The monoisotopic (exact) mass is 298 g/mol. The number of aliphatic hydroxyl groups is 1. The molecule has 0 aliphatic rings. The number of benzene rings is 1. The van der Waals surface area contributed by atoms with Crippen molar-refractivity contribution in [2.24, 2.45) is 5.92 Å². The van der Waals surface area contributed by atoms with Crippen molar-refractivity contribution in [3.63, 3.8) is 0 Å². The van der Waals surface area contributed by atoms with E-state index < -0.39 is 17.9 Å². The summed E-state index contributed by atoms with van der Waals surface area (Å²) in [6.45, 7) is 3.98. The minimum atomic E-state index is -0.810. The zero-order chi connectivity index (χ0) is 15.1. The first-order valence-corrected chi connectivity index (χ1v) is 6.79. The number of carbonyl (C=O) groups is 2. The first kappa shape index (κ1) is 16.5. The Hall–Kier alpha value is -1.59. The van der Waals surface area contributed by atoms with Crippen LogP contribution in [0.2, 0.25) is 5.02 Å². The molecule has 0 spiro atoms. The van der Waals surface area contributed by atoms with E-state index in [2.05, 4.69) is 10.6 Å². The first-order valence-electron chi connectivity index (χ1n) is 6.42. The molecule has 0 aromatic heterocycles. The number of nitrogens with one attached hydrogen (secondary N) is 2. The van der Waals surface area contributed by atoms with Gasteiger partial charge in [-0.3, -0.25) is 9.59 Å². The summed E-state index contributed by atoms with van der Waals surface area (Å²) < 4.78 is 0. The van der Waals surface area contributed by atoms with Crippen LogP contribution < -0.4 is 10.6 Å². The maximum Gasteiger partial charge on any atom is 0.313 e. The van der Waals surface area contributed by atoms with E-state index >= 15 is 0 Å². The van der Waals surface area contributed by atoms with Crippen LogP contribution in [0.15, 0.2) is 24.3 Å². The predicted molar refractivity (Wildman–Crippen MR) is 78.6 cm³/mol. The Kier molecular flexibility index (Phi) is 6.48. The van der Waals surface area contributed by atoms with Crippen molar-refractivity contribution in [1.82, 2.24) is 5.32 Å². The molecule has 1 rings (SSSR count). The fourth-order valence-corrected chi connectivity index (χ4v) is 1.84. The average molecular weight is 299 g/mol. The van der Waals surface area contributed by atoms with Crippen molar-refractivity contribution in [2.75, 3.05) is 11.9 Å². The van der Waals surface area contributed by atoms with Crippen LogP contribution >= 0.6 is 11.6 Å². The summed E-state index contributed by atoms with van der Waals surface area (Å²) in [7, 11) is 0. The summed E-state index contributed by atoms with van der Waals surface area (Å²) in [6.07, 6.45) is -0.0982. The quantitative estimate of drug-likeness (QED) is 0.725. The number of aliphatic hydroxyl groups excluding tert-OH is 1. The Morgan fingerprint density at radius 3 is 2.50 bits per heavy atom.